The molecule has 0 saturated carbocycles. The molecule has 0 unspecified atom stereocenters. The maximum absolute atomic E-state index is 13.2. The normalized spacial score (nSPS) is 19.4. The van der Waals surface area contributed by atoms with Gasteiger partial charge in [-0.1, -0.05) is 48.5 Å². The summed E-state index contributed by atoms with van der Waals surface area (Å²) in [7, 11) is 2.07. The fourth-order valence-electron chi connectivity index (χ4n) is 3.93. The van der Waals surface area contributed by atoms with Crippen LogP contribution in [0.2, 0.25) is 0 Å². The van der Waals surface area contributed by atoms with E-state index in [0.717, 1.165) is 36.3 Å². The van der Waals surface area contributed by atoms with Crippen LogP contribution in [0.3, 0.4) is 0 Å². The smallest absolute Gasteiger partial charge is 0.257 e. The second kappa shape index (κ2) is 8.17. The largest absolute Gasteiger partial charge is 0.334 e. The molecular formula is C23H26N4O2. The molecule has 3 aromatic rings. The van der Waals surface area contributed by atoms with Gasteiger partial charge in [0.05, 0.1) is 5.92 Å². The highest BCUT2D eigenvalue weighted by atomic mass is 16.5. The maximum atomic E-state index is 13.2. The lowest BCUT2D eigenvalue weighted by Crippen LogP contribution is -2.28. The van der Waals surface area contributed by atoms with E-state index in [-0.39, 0.29) is 17.7 Å². The number of anilines is 1. The lowest BCUT2D eigenvalue weighted by molar-refractivity contribution is -0.119. The van der Waals surface area contributed by atoms with Crippen LogP contribution in [0.5, 0.6) is 0 Å². The Bertz CT molecular complexity index is 999. The SMILES string of the molecule is CCc1noc(-c2ccc(C)c(NC(=O)[C@@H]3CN(C)C[C@H]3c3ccccc3)c2)n1. The van der Waals surface area contributed by atoms with Gasteiger partial charge in [0.15, 0.2) is 5.82 Å². The van der Waals surface area contributed by atoms with Gasteiger partial charge in [-0.25, -0.2) is 0 Å². The molecule has 0 spiro atoms. The van der Waals surface area contributed by atoms with Crippen LogP contribution >= 0.6 is 0 Å². The third kappa shape index (κ3) is 4.07. The Morgan fingerprint density at radius 3 is 2.72 bits per heavy atom. The molecule has 6 heteroatoms. The molecule has 0 radical (unpaired) electrons. The third-order valence-corrected chi connectivity index (χ3v) is 5.59. The van der Waals surface area contributed by atoms with Gasteiger partial charge in [0.25, 0.3) is 5.89 Å². The van der Waals surface area contributed by atoms with Gasteiger partial charge in [-0.3, -0.25) is 4.79 Å². The zero-order valence-electron chi connectivity index (χ0n) is 17.1. The topological polar surface area (TPSA) is 71.3 Å². The Labute approximate surface area is 170 Å². The van der Waals surface area contributed by atoms with Crippen LogP contribution in [0.1, 0.15) is 29.8 Å². The fraction of sp³-hybridized carbons (Fsp3) is 0.348. The Morgan fingerprint density at radius 2 is 2.00 bits per heavy atom. The molecule has 1 N–H and O–H groups in total. The minimum absolute atomic E-state index is 0.0447. The summed E-state index contributed by atoms with van der Waals surface area (Å²) in [6.07, 6.45) is 0.717. The predicted octanol–water partition coefficient (Wildman–Crippen LogP) is 3.89. The second-order valence-corrected chi connectivity index (χ2v) is 7.73. The molecule has 4 rings (SSSR count). The summed E-state index contributed by atoms with van der Waals surface area (Å²) in [5.74, 6) is 1.28. The fourth-order valence-corrected chi connectivity index (χ4v) is 3.93. The van der Waals surface area contributed by atoms with Crippen LogP contribution < -0.4 is 5.32 Å². The number of carbonyl (C=O) groups is 1. The summed E-state index contributed by atoms with van der Waals surface area (Å²) in [6.45, 7) is 5.59. The monoisotopic (exact) mass is 390 g/mol. The van der Waals surface area contributed by atoms with E-state index in [2.05, 4.69) is 39.5 Å². The Hall–Kier alpha value is -2.99. The van der Waals surface area contributed by atoms with Crippen LogP contribution in [-0.4, -0.2) is 41.1 Å². The van der Waals surface area contributed by atoms with Crippen molar-refractivity contribution in [3.05, 3.63) is 65.5 Å². The number of aromatic nitrogens is 2. The summed E-state index contributed by atoms with van der Waals surface area (Å²) in [6, 6.07) is 16.1. The van der Waals surface area contributed by atoms with E-state index in [1.54, 1.807) is 0 Å². The summed E-state index contributed by atoms with van der Waals surface area (Å²) < 4.78 is 5.35. The van der Waals surface area contributed by atoms with E-state index < -0.39 is 0 Å². The number of hydrogen-bond acceptors (Lipinski definition) is 5. The molecule has 1 aliphatic heterocycles. The van der Waals surface area contributed by atoms with Gasteiger partial charge in [-0.2, -0.15) is 4.98 Å². The van der Waals surface area contributed by atoms with Crippen molar-refractivity contribution < 1.29 is 9.32 Å². The Kier molecular flexibility index (Phi) is 5.45. The second-order valence-electron chi connectivity index (χ2n) is 7.73. The summed E-state index contributed by atoms with van der Waals surface area (Å²) in [4.78, 5) is 19.8. The number of likely N-dealkylation sites (N-methyl/N-ethyl adjacent to an activating group) is 1. The van der Waals surface area contributed by atoms with Crippen molar-refractivity contribution in [2.24, 2.45) is 5.92 Å². The first-order valence-corrected chi connectivity index (χ1v) is 10.0. The standard InChI is InChI=1S/C23H26N4O2/c1-4-21-25-23(29-26-21)17-11-10-15(2)20(12-17)24-22(28)19-14-27(3)13-18(19)16-8-6-5-7-9-16/h5-12,18-19H,4,13-14H2,1-3H3,(H,24,28)/t18-,19+/m0/s1. The molecule has 1 fully saturated rings. The Balaban J connectivity index is 1.56. The first-order chi connectivity index (χ1) is 14.0. The molecule has 1 aromatic heterocycles. The molecule has 0 bridgehead atoms. The molecule has 1 saturated heterocycles. The highest BCUT2D eigenvalue weighted by molar-refractivity contribution is 5.95. The van der Waals surface area contributed by atoms with E-state index in [1.807, 2.05) is 50.2 Å². The van der Waals surface area contributed by atoms with Crippen molar-refractivity contribution in [3.8, 4) is 11.5 Å². The molecule has 2 heterocycles. The number of nitrogens with zero attached hydrogens (tertiary/aromatic N) is 3. The minimum atomic E-state index is -0.0967. The number of carbonyl (C=O) groups excluding carboxylic acids is 1. The average molecular weight is 390 g/mol. The van der Waals surface area contributed by atoms with E-state index in [4.69, 9.17) is 4.52 Å². The zero-order chi connectivity index (χ0) is 20.4. The van der Waals surface area contributed by atoms with Crippen LogP contribution in [0.25, 0.3) is 11.5 Å². The van der Waals surface area contributed by atoms with Crippen LogP contribution in [0.15, 0.2) is 53.1 Å². The van der Waals surface area contributed by atoms with Crippen molar-refractivity contribution in [2.45, 2.75) is 26.2 Å². The number of nitrogens with one attached hydrogen (secondary N) is 1. The molecule has 1 amide bonds. The zero-order valence-corrected chi connectivity index (χ0v) is 17.1. The maximum Gasteiger partial charge on any atom is 0.257 e. The lowest BCUT2D eigenvalue weighted by Gasteiger charge is -2.19. The van der Waals surface area contributed by atoms with Gasteiger partial charge in [0.2, 0.25) is 5.91 Å². The van der Waals surface area contributed by atoms with Gasteiger partial charge in [-0.15, -0.1) is 0 Å². The van der Waals surface area contributed by atoms with Gasteiger partial charge in [0, 0.05) is 36.7 Å². The van der Waals surface area contributed by atoms with Gasteiger partial charge in [0.1, 0.15) is 0 Å². The van der Waals surface area contributed by atoms with Crippen molar-refractivity contribution >= 4 is 11.6 Å². The first kappa shape index (κ1) is 19.3. The number of amides is 1. The quantitative estimate of drug-likeness (QED) is 0.716. The van der Waals surface area contributed by atoms with Crippen LogP contribution in [0.4, 0.5) is 5.69 Å². The first-order valence-electron chi connectivity index (χ1n) is 10.0. The molecule has 2 atom stereocenters. The number of aryl methyl sites for hydroxylation is 2. The van der Waals surface area contributed by atoms with Gasteiger partial charge >= 0.3 is 0 Å². The molecule has 150 valence electrons. The molecule has 2 aromatic carbocycles. The Morgan fingerprint density at radius 1 is 1.21 bits per heavy atom. The molecular weight excluding hydrogens is 364 g/mol. The molecule has 1 aliphatic rings. The van der Waals surface area contributed by atoms with Gasteiger partial charge < -0.3 is 14.7 Å². The van der Waals surface area contributed by atoms with Crippen LogP contribution in [-0.2, 0) is 11.2 Å². The molecule has 0 aliphatic carbocycles. The van der Waals surface area contributed by atoms with Crippen molar-refractivity contribution in [1.82, 2.24) is 15.0 Å². The summed E-state index contributed by atoms with van der Waals surface area (Å²) >= 11 is 0. The minimum Gasteiger partial charge on any atom is -0.334 e. The van der Waals surface area contributed by atoms with E-state index in [1.165, 1.54) is 5.56 Å². The van der Waals surface area contributed by atoms with E-state index in [9.17, 15) is 4.79 Å². The van der Waals surface area contributed by atoms with Crippen molar-refractivity contribution in [3.63, 3.8) is 0 Å². The predicted molar refractivity (Wildman–Crippen MR) is 113 cm³/mol. The molecule has 6 nitrogen and oxygen atoms in total. The lowest BCUT2D eigenvalue weighted by atomic mass is 9.88. The average Bonchev–Trinajstić information content (AvgIpc) is 3.37. The summed E-state index contributed by atoms with van der Waals surface area (Å²) in [5, 5.41) is 7.11. The third-order valence-electron chi connectivity index (χ3n) is 5.59. The summed E-state index contributed by atoms with van der Waals surface area (Å²) in [5.41, 5.74) is 3.80. The van der Waals surface area contributed by atoms with E-state index >= 15 is 0 Å². The highest BCUT2D eigenvalue weighted by Crippen LogP contribution is 2.33. The number of hydrogen-bond donors (Lipinski definition) is 1. The molecule has 29 heavy (non-hydrogen) atoms. The van der Waals surface area contributed by atoms with E-state index in [0.29, 0.717) is 11.7 Å². The van der Waals surface area contributed by atoms with Crippen molar-refractivity contribution in [2.75, 3.05) is 25.5 Å². The van der Waals surface area contributed by atoms with Crippen LogP contribution in [0, 0.1) is 12.8 Å². The van der Waals surface area contributed by atoms with Gasteiger partial charge in [-0.05, 0) is 37.2 Å². The van der Waals surface area contributed by atoms with Crippen molar-refractivity contribution in [1.29, 1.82) is 0 Å². The number of rotatable bonds is 5. The highest BCUT2D eigenvalue weighted by Gasteiger charge is 2.37. The number of benzene rings is 2. The number of likely N-dealkylation sites (tertiary alicyclic amines) is 1.